The Morgan fingerprint density at radius 2 is 2.19 bits per heavy atom. The third kappa shape index (κ3) is 3.46. The van der Waals surface area contributed by atoms with Crippen molar-refractivity contribution in [2.75, 3.05) is 26.3 Å². The number of carbonyl (C=O) groups is 2. The molecule has 1 amide bonds. The minimum Gasteiger partial charge on any atom is -0.480 e. The zero-order valence-electron chi connectivity index (χ0n) is 9.22. The second-order valence-corrected chi connectivity index (χ2v) is 3.76. The predicted octanol–water partition coefficient (Wildman–Crippen LogP) is -0.573. The molecule has 0 aromatic heterocycles. The first-order valence-electron chi connectivity index (χ1n) is 5.47. The molecule has 0 aromatic rings. The van der Waals surface area contributed by atoms with Crippen molar-refractivity contribution in [2.45, 2.75) is 25.3 Å². The van der Waals surface area contributed by atoms with E-state index >= 15 is 0 Å². The van der Waals surface area contributed by atoms with Gasteiger partial charge >= 0.3 is 5.97 Å². The monoisotopic (exact) mass is 230 g/mol. The molecular weight excluding hydrogens is 212 g/mol. The fourth-order valence-corrected chi connectivity index (χ4v) is 1.67. The molecule has 1 atom stereocenters. The Hall–Kier alpha value is -1.14. The van der Waals surface area contributed by atoms with Gasteiger partial charge in [0.25, 0.3) is 0 Å². The molecule has 16 heavy (non-hydrogen) atoms. The topological polar surface area (TPSA) is 92.9 Å². The number of nitrogens with two attached hydrogens (primary N) is 1. The summed E-state index contributed by atoms with van der Waals surface area (Å²) < 4.78 is 5.05. The molecule has 0 bridgehead atoms. The maximum atomic E-state index is 11.8. The first kappa shape index (κ1) is 12.9. The van der Waals surface area contributed by atoms with Crippen molar-refractivity contribution in [3.05, 3.63) is 0 Å². The third-order valence-electron chi connectivity index (χ3n) is 2.58. The lowest BCUT2D eigenvalue weighted by atomic mass is 10.1. The van der Waals surface area contributed by atoms with E-state index in [0.29, 0.717) is 32.5 Å². The van der Waals surface area contributed by atoms with Gasteiger partial charge in [0.05, 0.1) is 13.2 Å². The van der Waals surface area contributed by atoms with E-state index in [2.05, 4.69) is 0 Å². The Balaban J connectivity index is 2.47. The van der Waals surface area contributed by atoms with Gasteiger partial charge in [0.1, 0.15) is 0 Å². The molecule has 1 fully saturated rings. The molecule has 0 aliphatic carbocycles. The smallest absolute Gasteiger partial charge is 0.328 e. The Bertz CT molecular complexity index is 257. The Morgan fingerprint density at radius 3 is 2.81 bits per heavy atom. The zero-order chi connectivity index (χ0) is 12.0. The molecule has 1 saturated heterocycles. The van der Waals surface area contributed by atoms with E-state index in [1.54, 1.807) is 0 Å². The van der Waals surface area contributed by atoms with Crippen molar-refractivity contribution in [1.29, 1.82) is 0 Å². The zero-order valence-corrected chi connectivity index (χ0v) is 9.22. The number of morpholine rings is 1. The fraction of sp³-hybridized carbons (Fsp3) is 0.800. The van der Waals surface area contributed by atoms with Crippen molar-refractivity contribution in [3.8, 4) is 0 Å². The summed E-state index contributed by atoms with van der Waals surface area (Å²) in [5, 5.41) is 8.94. The predicted molar refractivity (Wildman–Crippen MR) is 56.9 cm³/mol. The maximum absolute atomic E-state index is 11.8. The third-order valence-corrected chi connectivity index (χ3v) is 2.58. The van der Waals surface area contributed by atoms with Crippen molar-refractivity contribution in [1.82, 2.24) is 4.90 Å². The van der Waals surface area contributed by atoms with Crippen molar-refractivity contribution in [3.63, 3.8) is 0 Å². The standard InChI is InChI=1S/C10H18N2O4/c11-4-2-1-3-9(13)12-5-6-16-7-8(12)10(14)15/h8H,1-7,11H2,(H,14,15). The molecule has 92 valence electrons. The summed E-state index contributed by atoms with van der Waals surface area (Å²) in [6.45, 7) is 1.40. The molecule has 1 aliphatic heterocycles. The van der Waals surface area contributed by atoms with Gasteiger partial charge in [-0.3, -0.25) is 4.79 Å². The van der Waals surface area contributed by atoms with Crippen LogP contribution in [0.15, 0.2) is 0 Å². The fourth-order valence-electron chi connectivity index (χ4n) is 1.67. The van der Waals surface area contributed by atoms with Gasteiger partial charge in [-0.15, -0.1) is 0 Å². The van der Waals surface area contributed by atoms with Crippen LogP contribution < -0.4 is 5.73 Å². The molecule has 1 heterocycles. The number of unbranched alkanes of at least 4 members (excludes halogenated alkanes) is 1. The number of carbonyl (C=O) groups excluding carboxylic acids is 1. The highest BCUT2D eigenvalue weighted by molar-refractivity contribution is 5.83. The van der Waals surface area contributed by atoms with Gasteiger partial charge in [-0.25, -0.2) is 4.79 Å². The number of amides is 1. The van der Waals surface area contributed by atoms with Crippen LogP contribution in [0.2, 0.25) is 0 Å². The van der Waals surface area contributed by atoms with Crippen molar-refractivity contribution < 1.29 is 19.4 Å². The van der Waals surface area contributed by atoms with Crippen LogP contribution in [0.5, 0.6) is 0 Å². The summed E-state index contributed by atoms with van der Waals surface area (Å²) in [6, 6.07) is -0.834. The highest BCUT2D eigenvalue weighted by Gasteiger charge is 2.32. The van der Waals surface area contributed by atoms with Crippen molar-refractivity contribution in [2.24, 2.45) is 5.73 Å². The van der Waals surface area contributed by atoms with Crippen LogP contribution in [0.4, 0.5) is 0 Å². The van der Waals surface area contributed by atoms with Crippen LogP contribution in [-0.4, -0.2) is 54.2 Å². The van der Waals surface area contributed by atoms with Crippen LogP contribution in [0.3, 0.4) is 0 Å². The van der Waals surface area contributed by atoms with E-state index in [0.717, 1.165) is 6.42 Å². The molecule has 1 unspecified atom stereocenters. The van der Waals surface area contributed by atoms with Crippen molar-refractivity contribution >= 4 is 11.9 Å². The minimum atomic E-state index is -1.01. The SMILES string of the molecule is NCCCCC(=O)N1CCOCC1C(=O)O. The summed E-state index contributed by atoms with van der Waals surface area (Å²) in [4.78, 5) is 24.1. The molecule has 6 nitrogen and oxygen atoms in total. The van der Waals surface area contributed by atoms with E-state index in [-0.39, 0.29) is 12.5 Å². The van der Waals surface area contributed by atoms with Crippen LogP contribution in [0.1, 0.15) is 19.3 Å². The molecule has 1 rings (SSSR count). The highest BCUT2D eigenvalue weighted by Crippen LogP contribution is 2.10. The number of carboxylic acids is 1. The summed E-state index contributed by atoms with van der Waals surface area (Å²) >= 11 is 0. The summed E-state index contributed by atoms with van der Waals surface area (Å²) in [7, 11) is 0. The molecular formula is C10H18N2O4. The number of rotatable bonds is 5. The van der Waals surface area contributed by atoms with Gasteiger partial charge in [0.2, 0.25) is 5.91 Å². The number of carboxylic acid groups (broad SMARTS) is 1. The first-order valence-corrected chi connectivity index (χ1v) is 5.47. The van der Waals surface area contributed by atoms with Crippen LogP contribution in [0.25, 0.3) is 0 Å². The summed E-state index contributed by atoms with van der Waals surface area (Å²) in [6.07, 6.45) is 1.85. The van der Waals surface area contributed by atoms with Crippen LogP contribution >= 0.6 is 0 Å². The lowest BCUT2D eigenvalue weighted by Gasteiger charge is -2.32. The Morgan fingerprint density at radius 1 is 1.44 bits per heavy atom. The van der Waals surface area contributed by atoms with Gasteiger partial charge in [-0.05, 0) is 19.4 Å². The second-order valence-electron chi connectivity index (χ2n) is 3.76. The summed E-state index contributed by atoms with van der Waals surface area (Å²) in [5.74, 6) is -1.13. The lowest BCUT2D eigenvalue weighted by Crippen LogP contribution is -2.52. The molecule has 3 N–H and O–H groups in total. The van der Waals surface area contributed by atoms with Gasteiger partial charge in [0, 0.05) is 13.0 Å². The van der Waals surface area contributed by atoms with E-state index < -0.39 is 12.0 Å². The largest absolute Gasteiger partial charge is 0.480 e. The summed E-state index contributed by atoms with van der Waals surface area (Å²) in [5.41, 5.74) is 5.33. The van der Waals surface area contributed by atoms with E-state index in [1.807, 2.05) is 0 Å². The second kappa shape index (κ2) is 6.44. The van der Waals surface area contributed by atoms with Crippen LogP contribution in [0, 0.1) is 0 Å². The number of ether oxygens (including phenoxy) is 1. The molecule has 1 aliphatic rings. The molecule has 0 radical (unpaired) electrons. The lowest BCUT2D eigenvalue weighted by molar-refractivity contribution is -0.158. The first-order chi connectivity index (χ1) is 7.66. The van der Waals surface area contributed by atoms with Crippen LogP contribution in [-0.2, 0) is 14.3 Å². The maximum Gasteiger partial charge on any atom is 0.328 e. The number of hydrogen-bond donors (Lipinski definition) is 2. The molecule has 0 aromatic carbocycles. The molecule has 0 spiro atoms. The molecule has 0 saturated carbocycles. The molecule has 6 heteroatoms. The number of hydrogen-bond acceptors (Lipinski definition) is 4. The average molecular weight is 230 g/mol. The normalized spacial score (nSPS) is 20.8. The Labute approximate surface area is 94.3 Å². The number of aliphatic carboxylic acids is 1. The van der Waals surface area contributed by atoms with E-state index in [9.17, 15) is 9.59 Å². The minimum absolute atomic E-state index is 0.0813. The average Bonchev–Trinajstić information content (AvgIpc) is 2.29. The Kier molecular flexibility index (Phi) is 5.21. The van der Waals surface area contributed by atoms with Gasteiger partial charge in [-0.2, -0.15) is 0 Å². The van der Waals surface area contributed by atoms with E-state index in [1.165, 1.54) is 4.90 Å². The van der Waals surface area contributed by atoms with Gasteiger partial charge < -0.3 is 20.5 Å². The highest BCUT2D eigenvalue weighted by atomic mass is 16.5. The van der Waals surface area contributed by atoms with Gasteiger partial charge in [0.15, 0.2) is 6.04 Å². The number of nitrogens with zero attached hydrogens (tertiary/aromatic N) is 1. The van der Waals surface area contributed by atoms with E-state index in [4.69, 9.17) is 15.6 Å². The quantitative estimate of drug-likeness (QED) is 0.617. The van der Waals surface area contributed by atoms with Gasteiger partial charge in [-0.1, -0.05) is 0 Å².